The number of H-pyrrole nitrogens is 1. The van der Waals surface area contributed by atoms with Crippen LogP contribution in [0.5, 0.6) is 0 Å². The second kappa shape index (κ2) is 7.21. The van der Waals surface area contributed by atoms with E-state index in [0.29, 0.717) is 36.7 Å². The van der Waals surface area contributed by atoms with E-state index in [2.05, 4.69) is 9.97 Å². The lowest BCUT2D eigenvalue weighted by Gasteiger charge is -2.11. The number of fused-ring (bicyclic) bond motifs is 3. The summed E-state index contributed by atoms with van der Waals surface area (Å²) in [6.45, 7) is 0. The van der Waals surface area contributed by atoms with Gasteiger partial charge in [0.25, 0.3) is 5.56 Å². The molecule has 2 heterocycles. The van der Waals surface area contributed by atoms with E-state index in [1.807, 2.05) is 24.3 Å². The van der Waals surface area contributed by atoms with Crippen molar-refractivity contribution in [2.45, 2.75) is 11.3 Å². The van der Waals surface area contributed by atoms with Crippen LogP contribution in [0.2, 0.25) is 10.0 Å². The third-order valence-electron chi connectivity index (χ3n) is 3.93. The van der Waals surface area contributed by atoms with Gasteiger partial charge in [-0.25, -0.2) is 4.98 Å². The van der Waals surface area contributed by atoms with Crippen LogP contribution in [-0.2, 0) is 0 Å². The quantitative estimate of drug-likeness (QED) is 0.347. The number of hydrogen-bond donors (Lipinski definition) is 2. The minimum atomic E-state index is -0.752. The third kappa shape index (κ3) is 3.35. The maximum Gasteiger partial charge on any atom is 0.260 e. The van der Waals surface area contributed by atoms with Gasteiger partial charge in [0.2, 0.25) is 0 Å². The first-order chi connectivity index (χ1) is 12.5. The molecule has 0 unspecified atom stereocenters. The van der Waals surface area contributed by atoms with Crippen molar-refractivity contribution >= 4 is 66.6 Å². The van der Waals surface area contributed by atoms with Crippen molar-refractivity contribution in [3.05, 3.63) is 68.4 Å². The highest BCUT2D eigenvalue weighted by atomic mass is 35.5. The van der Waals surface area contributed by atoms with E-state index in [4.69, 9.17) is 23.2 Å². The monoisotopic (exact) mass is 422 g/mol. The number of thioether (sulfide) groups is 1. The maximum atomic E-state index is 12.5. The number of hydrogen-bond acceptors (Lipinski definition) is 5. The number of aliphatic hydroxyl groups excluding tert-OH is 1. The molecule has 4 aromatic rings. The molecule has 132 valence electrons. The number of halogens is 2. The van der Waals surface area contributed by atoms with Gasteiger partial charge in [0.05, 0.1) is 21.5 Å². The standard InChI is InChI=1S/C18H12Cl2N2O2S2/c19-11-6-5-9(7-12(11)20)13(23)8-25-18-21-16(24)15-10-3-1-2-4-14(10)26-17(15)22-18/h1-7,13,23H,8H2,(H,21,22,24)/t13-/m1/s1. The molecule has 0 aliphatic heterocycles. The summed E-state index contributed by atoms with van der Waals surface area (Å²) < 4.78 is 1.03. The van der Waals surface area contributed by atoms with E-state index in [-0.39, 0.29) is 5.56 Å². The predicted octanol–water partition coefficient (Wildman–Crippen LogP) is 5.27. The van der Waals surface area contributed by atoms with Crippen LogP contribution < -0.4 is 5.56 Å². The first-order valence-corrected chi connectivity index (χ1v) is 10.3. The zero-order valence-electron chi connectivity index (χ0n) is 13.2. The number of rotatable bonds is 4. The molecule has 0 saturated heterocycles. The Hall–Kier alpha value is -1.57. The first-order valence-electron chi connectivity index (χ1n) is 7.70. The normalized spacial score (nSPS) is 12.7. The van der Waals surface area contributed by atoms with E-state index >= 15 is 0 Å². The molecule has 0 aliphatic carbocycles. The average Bonchev–Trinajstić information content (AvgIpc) is 3.00. The number of nitrogens with one attached hydrogen (secondary N) is 1. The summed E-state index contributed by atoms with van der Waals surface area (Å²) in [7, 11) is 0. The van der Waals surface area contributed by atoms with Gasteiger partial charge >= 0.3 is 0 Å². The van der Waals surface area contributed by atoms with E-state index < -0.39 is 6.10 Å². The molecule has 2 aromatic heterocycles. The minimum Gasteiger partial charge on any atom is -0.388 e. The second-order valence-electron chi connectivity index (χ2n) is 5.65. The molecule has 1 atom stereocenters. The summed E-state index contributed by atoms with van der Waals surface area (Å²) in [5.74, 6) is 0.331. The maximum absolute atomic E-state index is 12.5. The van der Waals surface area contributed by atoms with Crippen molar-refractivity contribution in [3.8, 4) is 0 Å². The molecule has 2 aromatic carbocycles. The number of nitrogens with zero attached hydrogens (tertiary/aromatic N) is 1. The number of aliphatic hydroxyl groups is 1. The van der Waals surface area contributed by atoms with Gasteiger partial charge < -0.3 is 10.1 Å². The molecule has 26 heavy (non-hydrogen) atoms. The lowest BCUT2D eigenvalue weighted by atomic mass is 10.1. The van der Waals surface area contributed by atoms with E-state index in [1.165, 1.54) is 23.1 Å². The highest BCUT2D eigenvalue weighted by Gasteiger charge is 2.14. The van der Waals surface area contributed by atoms with Gasteiger partial charge in [-0.05, 0) is 23.8 Å². The van der Waals surface area contributed by atoms with Crippen LogP contribution in [0.1, 0.15) is 11.7 Å². The summed E-state index contributed by atoms with van der Waals surface area (Å²) >= 11 is 14.7. The number of aromatic nitrogens is 2. The SMILES string of the molecule is O=c1[nH]c(SC[C@@H](O)c2ccc(Cl)c(Cl)c2)nc2sc3ccccc3c12. The summed E-state index contributed by atoms with van der Waals surface area (Å²) in [6, 6.07) is 12.8. The molecule has 0 spiro atoms. The topological polar surface area (TPSA) is 66.0 Å². The van der Waals surface area contributed by atoms with Crippen LogP contribution >= 0.6 is 46.3 Å². The number of thiophene rings is 1. The summed E-state index contributed by atoms with van der Waals surface area (Å²) in [5.41, 5.74) is 0.496. The fraction of sp³-hybridized carbons (Fsp3) is 0.111. The molecule has 0 fully saturated rings. The molecule has 4 rings (SSSR count). The average molecular weight is 423 g/mol. The van der Waals surface area contributed by atoms with Crippen LogP contribution in [-0.4, -0.2) is 20.8 Å². The summed E-state index contributed by atoms with van der Waals surface area (Å²) in [4.78, 5) is 20.5. The van der Waals surface area contributed by atoms with Crippen molar-refractivity contribution in [2.75, 3.05) is 5.75 Å². The summed E-state index contributed by atoms with van der Waals surface area (Å²) in [5, 5.41) is 13.2. The number of benzene rings is 2. The second-order valence-corrected chi connectivity index (χ2v) is 8.50. The van der Waals surface area contributed by atoms with Gasteiger partial charge in [-0.2, -0.15) is 0 Å². The lowest BCUT2D eigenvalue weighted by molar-refractivity contribution is 0.204. The zero-order chi connectivity index (χ0) is 18.3. The molecular weight excluding hydrogens is 411 g/mol. The van der Waals surface area contributed by atoms with E-state index in [1.54, 1.807) is 18.2 Å². The Morgan fingerprint density at radius 3 is 2.81 bits per heavy atom. The van der Waals surface area contributed by atoms with Gasteiger partial charge in [0, 0.05) is 15.8 Å². The molecule has 0 aliphatic rings. The van der Waals surface area contributed by atoms with Gasteiger partial charge in [-0.3, -0.25) is 4.79 Å². The Bertz CT molecular complexity index is 1170. The molecule has 0 saturated carbocycles. The fourth-order valence-electron chi connectivity index (χ4n) is 2.65. The van der Waals surface area contributed by atoms with E-state index in [0.717, 1.165) is 10.1 Å². The third-order valence-corrected chi connectivity index (χ3v) is 6.69. The van der Waals surface area contributed by atoms with Crippen LogP contribution in [0.3, 0.4) is 0 Å². The lowest BCUT2D eigenvalue weighted by Crippen LogP contribution is -2.09. The van der Waals surface area contributed by atoms with Crippen LogP contribution in [0.25, 0.3) is 20.3 Å². The molecule has 0 radical (unpaired) electrons. The Balaban J connectivity index is 1.60. The molecule has 0 amide bonds. The minimum absolute atomic E-state index is 0.168. The van der Waals surface area contributed by atoms with Crippen LogP contribution in [0.4, 0.5) is 0 Å². The van der Waals surface area contributed by atoms with Crippen molar-refractivity contribution in [3.63, 3.8) is 0 Å². The Kier molecular flexibility index (Phi) is 4.94. The molecule has 4 nitrogen and oxygen atoms in total. The van der Waals surface area contributed by atoms with Gasteiger partial charge in [-0.1, -0.05) is 59.2 Å². The Morgan fingerprint density at radius 2 is 2.00 bits per heavy atom. The molecule has 0 bridgehead atoms. The summed E-state index contributed by atoms with van der Waals surface area (Å²) in [6.07, 6.45) is -0.752. The van der Waals surface area contributed by atoms with Crippen LogP contribution in [0.15, 0.2) is 52.4 Å². The highest BCUT2D eigenvalue weighted by molar-refractivity contribution is 7.99. The predicted molar refractivity (Wildman–Crippen MR) is 110 cm³/mol. The first kappa shape index (κ1) is 17.8. The van der Waals surface area contributed by atoms with Crippen molar-refractivity contribution < 1.29 is 5.11 Å². The van der Waals surface area contributed by atoms with Gasteiger partial charge in [-0.15, -0.1) is 11.3 Å². The number of aromatic amines is 1. The zero-order valence-corrected chi connectivity index (χ0v) is 16.3. The molecule has 2 N–H and O–H groups in total. The van der Waals surface area contributed by atoms with Crippen LogP contribution in [0, 0.1) is 0 Å². The van der Waals surface area contributed by atoms with E-state index in [9.17, 15) is 9.90 Å². The van der Waals surface area contributed by atoms with Gasteiger partial charge in [0.15, 0.2) is 5.16 Å². The molecule has 8 heteroatoms. The molecular formula is C18H12Cl2N2O2S2. The fourth-order valence-corrected chi connectivity index (χ4v) is 4.92. The smallest absolute Gasteiger partial charge is 0.260 e. The Morgan fingerprint density at radius 1 is 1.19 bits per heavy atom. The van der Waals surface area contributed by atoms with Crippen molar-refractivity contribution in [1.29, 1.82) is 0 Å². The van der Waals surface area contributed by atoms with Crippen molar-refractivity contribution in [1.82, 2.24) is 9.97 Å². The van der Waals surface area contributed by atoms with Gasteiger partial charge in [0.1, 0.15) is 4.83 Å². The largest absolute Gasteiger partial charge is 0.388 e. The highest BCUT2D eigenvalue weighted by Crippen LogP contribution is 2.32. The Labute approximate surface area is 166 Å². The van der Waals surface area contributed by atoms with Crippen molar-refractivity contribution in [2.24, 2.45) is 0 Å².